The Morgan fingerprint density at radius 1 is 1.09 bits per heavy atom. The van der Waals surface area contributed by atoms with Crippen molar-refractivity contribution in [3.63, 3.8) is 0 Å². The van der Waals surface area contributed by atoms with Gasteiger partial charge in [-0.05, 0) is 35.2 Å². The van der Waals surface area contributed by atoms with Crippen LogP contribution in [0, 0.1) is 0 Å². The lowest BCUT2D eigenvalue weighted by molar-refractivity contribution is -0.137. The number of anilines is 1. The van der Waals surface area contributed by atoms with Crippen molar-refractivity contribution in [3.8, 4) is 0 Å². The molecule has 2 fully saturated rings. The normalized spacial score (nSPS) is 24.5. The van der Waals surface area contributed by atoms with Gasteiger partial charge in [0.2, 0.25) is 11.8 Å². The van der Waals surface area contributed by atoms with Gasteiger partial charge in [-0.2, -0.15) is 12.6 Å². The van der Waals surface area contributed by atoms with Gasteiger partial charge in [0, 0.05) is 45.7 Å². The number of imide groups is 1. The van der Waals surface area contributed by atoms with Crippen molar-refractivity contribution in [3.05, 3.63) is 52.2 Å². The van der Waals surface area contributed by atoms with Crippen molar-refractivity contribution >= 4 is 41.9 Å². The quantitative estimate of drug-likeness (QED) is 0.520. The molecule has 168 valence electrons. The van der Waals surface area contributed by atoms with Crippen LogP contribution in [0.5, 0.6) is 0 Å². The summed E-state index contributed by atoms with van der Waals surface area (Å²) in [4.78, 5) is 30.6. The molecule has 2 atom stereocenters. The van der Waals surface area contributed by atoms with Gasteiger partial charge in [0.1, 0.15) is 0 Å². The number of carbonyl (C=O) groups is 2. The minimum Gasteiger partial charge on any atom is -0.353 e. The fourth-order valence-corrected chi connectivity index (χ4v) is 5.32. The van der Waals surface area contributed by atoms with Crippen LogP contribution < -0.4 is 10.2 Å². The Bertz CT molecular complexity index is 1030. The van der Waals surface area contributed by atoms with E-state index in [2.05, 4.69) is 48.4 Å². The van der Waals surface area contributed by atoms with Gasteiger partial charge >= 0.3 is 0 Å². The van der Waals surface area contributed by atoms with Crippen LogP contribution in [-0.4, -0.2) is 64.0 Å². The summed E-state index contributed by atoms with van der Waals surface area (Å²) < 4.78 is 0. The molecule has 10 heteroatoms. The molecule has 1 aromatic heterocycles. The van der Waals surface area contributed by atoms with Crippen molar-refractivity contribution in [2.75, 3.05) is 31.1 Å². The predicted octanol–water partition coefficient (Wildman–Crippen LogP) is 2.00. The number of nitrogens with zero attached hydrogens (tertiary/aromatic N) is 5. The second-order valence-corrected chi connectivity index (χ2v) is 9.40. The summed E-state index contributed by atoms with van der Waals surface area (Å²) in [7, 11) is 0. The molecule has 32 heavy (non-hydrogen) atoms. The van der Waals surface area contributed by atoms with E-state index in [1.54, 1.807) is 6.07 Å². The molecular weight excluding hydrogens is 448 g/mol. The molecule has 0 saturated carbocycles. The molecule has 2 saturated heterocycles. The molecule has 8 nitrogen and oxygen atoms in total. The summed E-state index contributed by atoms with van der Waals surface area (Å²) in [5.74, 6) is 0.457. The van der Waals surface area contributed by atoms with E-state index in [-0.39, 0.29) is 23.2 Å². The standard InChI is InChI=1S/C22H25ClN6O2S/c23-18-4-5-19(26-25-18)28-9-7-27(8-10-28)12-14-1-2-15-13-29(22(32)16(15)11-14)17-3-6-20(30)24-21(17)31/h1-2,4-5,11,17,22,32H,3,6-10,12-13H2,(H,24,30,31). The Labute approximate surface area is 197 Å². The van der Waals surface area contributed by atoms with Crippen LogP contribution in [0.3, 0.4) is 0 Å². The Kier molecular flexibility index (Phi) is 6.07. The van der Waals surface area contributed by atoms with E-state index in [4.69, 9.17) is 24.2 Å². The number of hydrogen-bond acceptors (Lipinski definition) is 8. The highest BCUT2D eigenvalue weighted by Gasteiger charge is 2.39. The number of carbonyl (C=O) groups excluding carboxylic acids is 2. The van der Waals surface area contributed by atoms with Crippen molar-refractivity contribution in [1.29, 1.82) is 0 Å². The third-order valence-corrected chi connectivity index (χ3v) is 7.26. The number of aromatic nitrogens is 2. The number of piperazine rings is 1. The van der Waals surface area contributed by atoms with Crippen molar-refractivity contribution < 1.29 is 9.59 Å². The Morgan fingerprint density at radius 2 is 1.91 bits per heavy atom. The number of fused-ring (bicyclic) bond motifs is 1. The Balaban J connectivity index is 1.21. The number of halogens is 1. The molecule has 4 heterocycles. The Morgan fingerprint density at radius 3 is 2.62 bits per heavy atom. The molecular formula is C22H25ClN6O2S. The summed E-state index contributed by atoms with van der Waals surface area (Å²) in [6.45, 7) is 5.20. The molecule has 3 aliphatic rings. The Hall–Kier alpha value is -2.20. The fraction of sp³-hybridized carbons (Fsp3) is 0.455. The van der Waals surface area contributed by atoms with Crippen LogP contribution in [0.4, 0.5) is 5.82 Å². The van der Waals surface area contributed by atoms with Crippen LogP contribution in [0.1, 0.15) is 34.9 Å². The minimum absolute atomic E-state index is 0.144. The first-order chi connectivity index (χ1) is 15.5. The second-order valence-electron chi connectivity index (χ2n) is 8.52. The maximum atomic E-state index is 12.3. The van der Waals surface area contributed by atoms with Crippen LogP contribution >= 0.6 is 24.2 Å². The zero-order valence-corrected chi connectivity index (χ0v) is 19.2. The van der Waals surface area contributed by atoms with E-state index in [9.17, 15) is 9.59 Å². The SMILES string of the molecule is O=C1CCC(N2Cc3ccc(CN4CCN(c5ccc(Cl)nn5)CC4)cc3C2S)C(=O)N1. The van der Waals surface area contributed by atoms with Gasteiger partial charge < -0.3 is 4.90 Å². The van der Waals surface area contributed by atoms with Gasteiger partial charge in [0.25, 0.3) is 0 Å². The van der Waals surface area contributed by atoms with Crippen molar-refractivity contribution in [1.82, 2.24) is 25.3 Å². The van der Waals surface area contributed by atoms with Crippen LogP contribution in [0.25, 0.3) is 0 Å². The van der Waals surface area contributed by atoms with E-state index < -0.39 is 0 Å². The lowest BCUT2D eigenvalue weighted by atomic mass is 10.0. The molecule has 0 aliphatic carbocycles. The lowest BCUT2D eigenvalue weighted by Crippen LogP contribution is -2.51. The average molecular weight is 473 g/mol. The zero-order valence-electron chi connectivity index (χ0n) is 17.6. The molecule has 1 aromatic carbocycles. The molecule has 0 spiro atoms. The van der Waals surface area contributed by atoms with Crippen LogP contribution in [0.15, 0.2) is 30.3 Å². The first-order valence-corrected chi connectivity index (χ1v) is 11.7. The number of piperidine rings is 1. The first-order valence-electron chi connectivity index (χ1n) is 10.8. The molecule has 3 aliphatic heterocycles. The third-order valence-electron chi connectivity index (χ3n) is 6.49. The number of amides is 2. The molecule has 2 aromatic rings. The topological polar surface area (TPSA) is 81.7 Å². The van der Waals surface area contributed by atoms with Gasteiger partial charge in [-0.3, -0.25) is 24.7 Å². The monoisotopic (exact) mass is 472 g/mol. The van der Waals surface area contributed by atoms with Crippen LogP contribution in [0.2, 0.25) is 5.15 Å². The highest BCUT2D eigenvalue weighted by molar-refractivity contribution is 7.80. The summed E-state index contributed by atoms with van der Waals surface area (Å²) in [6, 6.07) is 9.91. The second kappa shape index (κ2) is 8.97. The molecule has 1 N–H and O–H groups in total. The van der Waals surface area contributed by atoms with Gasteiger partial charge in [0.05, 0.1) is 11.4 Å². The van der Waals surface area contributed by atoms with Gasteiger partial charge in [-0.15, -0.1) is 10.2 Å². The number of hydrogen-bond donors (Lipinski definition) is 2. The number of rotatable bonds is 4. The highest BCUT2D eigenvalue weighted by atomic mass is 35.5. The van der Waals surface area contributed by atoms with Gasteiger partial charge in [-0.25, -0.2) is 0 Å². The van der Waals surface area contributed by atoms with Gasteiger partial charge in [-0.1, -0.05) is 29.8 Å². The minimum atomic E-state index is -0.310. The maximum Gasteiger partial charge on any atom is 0.243 e. The highest BCUT2D eigenvalue weighted by Crippen LogP contribution is 2.39. The molecule has 2 amide bonds. The van der Waals surface area contributed by atoms with Gasteiger partial charge in [0.15, 0.2) is 11.0 Å². The van der Waals surface area contributed by atoms with E-state index in [0.29, 0.717) is 24.5 Å². The number of nitrogens with one attached hydrogen (secondary N) is 1. The van der Waals surface area contributed by atoms with Crippen molar-refractivity contribution in [2.45, 2.75) is 37.3 Å². The maximum absolute atomic E-state index is 12.3. The summed E-state index contributed by atoms with van der Waals surface area (Å²) in [5.41, 5.74) is 3.60. The molecule has 0 radical (unpaired) electrons. The fourth-order valence-electron chi connectivity index (χ4n) is 4.74. The molecule has 2 unspecified atom stereocenters. The molecule has 5 rings (SSSR count). The zero-order chi connectivity index (χ0) is 22.2. The largest absolute Gasteiger partial charge is 0.353 e. The van der Waals surface area contributed by atoms with E-state index in [1.165, 1.54) is 11.1 Å². The number of benzene rings is 1. The lowest BCUT2D eigenvalue weighted by Gasteiger charge is -2.35. The molecule has 0 bridgehead atoms. The average Bonchev–Trinajstić information content (AvgIpc) is 3.11. The summed E-state index contributed by atoms with van der Waals surface area (Å²) in [6.07, 6.45) is 0.924. The smallest absolute Gasteiger partial charge is 0.243 e. The van der Waals surface area contributed by atoms with E-state index >= 15 is 0 Å². The summed E-state index contributed by atoms with van der Waals surface area (Å²) >= 11 is 10.7. The summed E-state index contributed by atoms with van der Waals surface area (Å²) in [5, 5.41) is 10.8. The predicted molar refractivity (Wildman–Crippen MR) is 124 cm³/mol. The number of thiol groups is 1. The first kappa shape index (κ1) is 21.6. The van der Waals surface area contributed by atoms with E-state index in [1.807, 2.05) is 6.07 Å². The third kappa shape index (κ3) is 4.34. The van der Waals surface area contributed by atoms with Crippen LogP contribution in [-0.2, 0) is 22.7 Å². The van der Waals surface area contributed by atoms with E-state index in [0.717, 1.165) is 44.1 Å². The van der Waals surface area contributed by atoms with Crippen molar-refractivity contribution in [2.24, 2.45) is 0 Å².